The predicted octanol–water partition coefficient (Wildman–Crippen LogP) is 2.70. The SMILES string of the molecule is CC(=O)c1ccccc1C(=O)N[C@H]1CCC[C@H](C(=O)NC(C)C)C1. The van der Waals surface area contributed by atoms with Gasteiger partial charge in [0.1, 0.15) is 0 Å². The van der Waals surface area contributed by atoms with Crippen LogP contribution >= 0.6 is 0 Å². The molecule has 5 nitrogen and oxygen atoms in total. The lowest BCUT2D eigenvalue weighted by molar-refractivity contribution is -0.126. The summed E-state index contributed by atoms with van der Waals surface area (Å²) in [6, 6.07) is 6.92. The van der Waals surface area contributed by atoms with Gasteiger partial charge in [0.25, 0.3) is 5.91 Å². The van der Waals surface area contributed by atoms with Gasteiger partial charge in [0.2, 0.25) is 5.91 Å². The molecule has 130 valence electrons. The first-order chi connectivity index (χ1) is 11.4. The minimum Gasteiger partial charge on any atom is -0.354 e. The molecule has 1 aromatic carbocycles. The maximum atomic E-state index is 12.5. The van der Waals surface area contributed by atoms with Crippen LogP contribution in [-0.2, 0) is 4.79 Å². The average molecular weight is 330 g/mol. The van der Waals surface area contributed by atoms with Gasteiger partial charge in [-0.05, 0) is 46.1 Å². The lowest BCUT2D eigenvalue weighted by atomic mass is 9.84. The molecular weight excluding hydrogens is 304 g/mol. The number of ketones is 1. The molecule has 2 N–H and O–H groups in total. The molecule has 2 atom stereocenters. The quantitative estimate of drug-likeness (QED) is 0.815. The third-order valence-electron chi connectivity index (χ3n) is 4.36. The van der Waals surface area contributed by atoms with Crippen molar-refractivity contribution in [3.05, 3.63) is 35.4 Å². The molecule has 0 spiro atoms. The summed E-state index contributed by atoms with van der Waals surface area (Å²) < 4.78 is 0. The van der Waals surface area contributed by atoms with Crippen molar-refractivity contribution in [2.75, 3.05) is 0 Å². The van der Waals surface area contributed by atoms with E-state index in [9.17, 15) is 14.4 Å². The number of carbonyl (C=O) groups excluding carboxylic acids is 3. The highest BCUT2D eigenvalue weighted by Gasteiger charge is 2.29. The Morgan fingerprint density at radius 2 is 1.75 bits per heavy atom. The van der Waals surface area contributed by atoms with Crippen molar-refractivity contribution in [2.24, 2.45) is 5.92 Å². The van der Waals surface area contributed by atoms with E-state index in [-0.39, 0.29) is 35.6 Å². The van der Waals surface area contributed by atoms with Gasteiger partial charge in [-0.3, -0.25) is 14.4 Å². The lowest BCUT2D eigenvalue weighted by Gasteiger charge is -2.29. The first kappa shape index (κ1) is 18.2. The number of benzene rings is 1. The maximum absolute atomic E-state index is 12.5. The third-order valence-corrected chi connectivity index (χ3v) is 4.36. The molecule has 0 radical (unpaired) electrons. The topological polar surface area (TPSA) is 75.3 Å². The summed E-state index contributed by atoms with van der Waals surface area (Å²) in [5, 5.41) is 5.94. The number of Topliss-reactive ketones (excluding diaryl/α,β-unsaturated/α-hetero) is 1. The molecule has 24 heavy (non-hydrogen) atoms. The molecule has 0 heterocycles. The molecule has 1 fully saturated rings. The lowest BCUT2D eigenvalue weighted by Crippen LogP contribution is -2.44. The van der Waals surface area contributed by atoms with E-state index >= 15 is 0 Å². The van der Waals surface area contributed by atoms with E-state index in [1.807, 2.05) is 13.8 Å². The Balaban J connectivity index is 2.02. The van der Waals surface area contributed by atoms with Gasteiger partial charge in [-0.15, -0.1) is 0 Å². The number of rotatable bonds is 5. The van der Waals surface area contributed by atoms with Gasteiger partial charge >= 0.3 is 0 Å². The summed E-state index contributed by atoms with van der Waals surface area (Å²) >= 11 is 0. The van der Waals surface area contributed by atoms with Gasteiger partial charge in [-0.2, -0.15) is 0 Å². The monoisotopic (exact) mass is 330 g/mol. The predicted molar refractivity (Wildman–Crippen MR) is 92.9 cm³/mol. The molecule has 0 aromatic heterocycles. The van der Waals surface area contributed by atoms with Crippen molar-refractivity contribution >= 4 is 17.6 Å². The summed E-state index contributed by atoms with van der Waals surface area (Å²) in [5.74, 6) is -0.364. The van der Waals surface area contributed by atoms with Crippen LogP contribution in [0.1, 0.15) is 67.2 Å². The van der Waals surface area contributed by atoms with Crippen molar-refractivity contribution in [1.82, 2.24) is 10.6 Å². The zero-order valence-electron chi connectivity index (χ0n) is 14.6. The van der Waals surface area contributed by atoms with Crippen molar-refractivity contribution in [1.29, 1.82) is 0 Å². The van der Waals surface area contributed by atoms with Crippen LogP contribution in [-0.4, -0.2) is 29.7 Å². The minimum absolute atomic E-state index is 0.0332. The van der Waals surface area contributed by atoms with Crippen LogP contribution in [0.15, 0.2) is 24.3 Å². The van der Waals surface area contributed by atoms with Gasteiger partial charge in [0.15, 0.2) is 5.78 Å². The van der Waals surface area contributed by atoms with Gasteiger partial charge in [0, 0.05) is 23.6 Å². The van der Waals surface area contributed by atoms with Crippen LogP contribution in [0.5, 0.6) is 0 Å². The molecular formula is C19H26N2O3. The average Bonchev–Trinajstić information content (AvgIpc) is 2.54. The van der Waals surface area contributed by atoms with E-state index in [2.05, 4.69) is 10.6 Å². The van der Waals surface area contributed by atoms with Gasteiger partial charge in [0.05, 0.1) is 5.56 Å². The second kappa shape index (κ2) is 8.08. The van der Waals surface area contributed by atoms with Gasteiger partial charge in [-0.25, -0.2) is 0 Å². The van der Waals surface area contributed by atoms with E-state index in [0.29, 0.717) is 17.5 Å². The minimum atomic E-state index is -0.240. The Kier molecular flexibility index (Phi) is 6.12. The smallest absolute Gasteiger partial charge is 0.252 e. The number of amides is 2. The van der Waals surface area contributed by atoms with E-state index in [4.69, 9.17) is 0 Å². The Bertz CT molecular complexity index is 625. The molecule has 0 unspecified atom stereocenters. The summed E-state index contributed by atoms with van der Waals surface area (Å²) in [6.07, 6.45) is 3.27. The van der Waals surface area contributed by atoms with Crippen molar-refractivity contribution < 1.29 is 14.4 Å². The molecule has 1 saturated carbocycles. The first-order valence-electron chi connectivity index (χ1n) is 8.59. The molecule has 0 bridgehead atoms. The summed E-state index contributed by atoms with van der Waals surface area (Å²) in [7, 11) is 0. The van der Waals surface area contributed by atoms with E-state index in [1.54, 1.807) is 24.3 Å². The van der Waals surface area contributed by atoms with Crippen LogP contribution in [0.25, 0.3) is 0 Å². The zero-order chi connectivity index (χ0) is 17.7. The summed E-state index contributed by atoms with van der Waals surface area (Å²) in [5.41, 5.74) is 0.832. The second-order valence-corrected chi connectivity index (χ2v) is 6.80. The molecule has 0 saturated heterocycles. The molecule has 2 amide bonds. The number of hydrogen-bond acceptors (Lipinski definition) is 3. The Hall–Kier alpha value is -2.17. The summed E-state index contributed by atoms with van der Waals surface area (Å²) in [6.45, 7) is 5.34. The number of carbonyl (C=O) groups is 3. The highest BCUT2D eigenvalue weighted by Crippen LogP contribution is 2.25. The fraction of sp³-hybridized carbons (Fsp3) is 0.526. The molecule has 1 aliphatic rings. The zero-order valence-corrected chi connectivity index (χ0v) is 14.6. The van der Waals surface area contributed by atoms with Gasteiger partial charge in [-0.1, -0.05) is 24.6 Å². The van der Waals surface area contributed by atoms with Crippen LogP contribution in [0, 0.1) is 5.92 Å². The van der Waals surface area contributed by atoms with Crippen LogP contribution in [0.4, 0.5) is 0 Å². The van der Waals surface area contributed by atoms with Crippen LogP contribution in [0.2, 0.25) is 0 Å². The van der Waals surface area contributed by atoms with Crippen molar-refractivity contribution in [3.63, 3.8) is 0 Å². The largest absolute Gasteiger partial charge is 0.354 e. The molecule has 2 rings (SSSR count). The molecule has 0 aliphatic heterocycles. The second-order valence-electron chi connectivity index (χ2n) is 6.80. The standard InChI is InChI=1S/C19H26N2O3/c1-12(2)20-18(23)14-7-6-8-15(11-14)21-19(24)17-10-5-4-9-16(17)13(3)22/h4-5,9-10,12,14-15H,6-8,11H2,1-3H3,(H,20,23)(H,21,24)/t14-,15-/m0/s1. The van der Waals surface area contributed by atoms with E-state index < -0.39 is 0 Å². The normalized spacial score (nSPS) is 20.5. The highest BCUT2D eigenvalue weighted by molar-refractivity contribution is 6.07. The molecule has 5 heteroatoms. The van der Waals surface area contributed by atoms with Crippen LogP contribution < -0.4 is 10.6 Å². The van der Waals surface area contributed by atoms with E-state index in [0.717, 1.165) is 19.3 Å². The highest BCUT2D eigenvalue weighted by atomic mass is 16.2. The third kappa shape index (κ3) is 4.66. The van der Waals surface area contributed by atoms with Crippen LogP contribution in [0.3, 0.4) is 0 Å². The van der Waals surface area contributed by atoms with Crippen molar-refractivity contribution in [3.8, 4) is 0 Å². The molecule has 1 aromatic rings. The number of nitrogens with one attached hydrogen (secondary N) is 2. The Morgan fingerprint density at radius 1 is 1.08 bits per heavy atom. The maximum Gasteiger partial charge on any atom is 0.252 e. The Morgan fingerprint density at radius 3 is 2.38 bits per heavy atom. The number of hydrogen-bond donors (Lipinski definition) is 2. The Labute approximate surface area is 143 Å². The fourth-order valence-corrected chi connectivity index (χ4v) is 3.21. The van der Waals surface area contributed by atoms with E-state index in [1.165, 1.54) is 6.92 Å². The summed E-state index contributed by atoms with van der Waals surface area (Å²) in [4.78, 5) is 36.4. The van der Waals surface area contributed by atoms with Gasteiger partial charge < -0.3 is 10.6 Å². The van der Waals surface area contributed by atoms with Crippen molar-refractivity contribution in [2.45, 2.75) is 58.5 Å². The fourth-order valence-electron chi connectivity index (χ4n) is 3.21. The first-order valence-corrected chi connectivity index (χ1v) is 8.59. The molecule has 1 aliphatic carbocycles.